The van der Waals surface area contributed by atoms with Gasteiger partial charge in [0, 0.05) is 12.6 Å². The predicted octanol–water partition coefficient (Wildman–Crippen LogP) is -0.103. The summed E-state index contributed by atoms with van der Waals surface area (Å²) >= 11 is 0. The van der Waals surface area contributed by atoms with Crippen LogP contribution in [0.25, 0.3) is 0 Å². The van der Waals surface area contributed by atoms with Gasteiger partial charge in [0.05, 0.1) is 0 Å². The minimum atomic E-state index is -0.284. The van der Waals surface area contributed by atoms with E-state index in [1.54, 1.807) is 6.92 Å². The second-order valence-corrected chi connectivity index (χ2v) is 2.26. The zero-order valence-electron chi connectivity index (χ0n) is 6.85. The van der Waals surface area contributed by atoms with E-state index in [1.165, 1.54) is 0 Å². The molecule has 11 heavy (non-hydrogen) atoms. The number of carbonyl (C=O) groups is 1. The van der Waals surface area contributed by atoms with Crippen molar-refractivity contribution in [2.24, 2.45) is 0 Å². The number of hydrogen-bond acceptors (Lipinski definition) is 2. The van der Waals surface area contributed by atoms with Gasteiger partial charge in [0.1, 0.15) is 0 Å². The molecule has 0 saturated heterocycles. The molecule has 0 heterocycles. The Hall–Kier alpha value is -1.01. The van der Waals surface area contributed by atoms with Crippen LogP contribution in [0.1, 0.15) is 20.3 Å². The van der Waals surface area contributed by atoms with Crippen LogP contribution in [0.15, 0.2) is 0 Å². The Morgan fingerprint density at radius 1 is 1.73 bits per heavy atom. The quantitative estimate of drug-likeness (QED) is 0.559. The monoisotopic (exact) mass is 155 g/mol. The van der Waals surface area contributed by atoms with Crippen LogP contribution in [-0.2, 0) is 4.79 Å². The van der Waals surface area contributed by atoms with Gasteiger partial charge in [-0.05, 0) is 26.2 Å². The number of aliphatic hydroxyl groups is 1. The van der Waals surface area contributed by atoms with Crippen LogP contribution in [0.5, 0.6) is 0 Å². The third-order valence-electron chi connectivity index (χ3n) is 1.18. The summed E-state index contributed by atoms with van der Waals surface area (Å²) in [6.45, 7) is 3.52. The average Bonchev–Trinajstić information content (AvgIpc) is 1.87. The molecule has 0 aliphatic heterocycles. The van der Waals surface area contributed by atoms with E-state index in [0.29, 0.717) is 6.42 Å². The van der Waals surface area contributed by atoms with Gasteiger partial charge >= 0.3 is 0 Å². The zero-order chi connectivity index (χ0) is 8.69. The molecule has 2 N–H and O–H groups in total. The highest BCUT2D eigenvalue weighted by atomic mass is 16.3. The van der Waals surface area contributed by atoms with Gasteiger partial charge in [-0.25, -0.2) is 0 Å². The summed E-state index contributed by atoms with van der Waals surface area (Å²) in [6.07, 6.45) is 0.567. The fourth-order valence-corrected chi connectivity index (χ4v) is 0.639. The molecule has 0 aromatic rings. The molecule has 0 bridgehead atoms. The fourth-order valence-electron chi connectivity index (χ4n) is 0.639. The molecule has 1 amide bonds. The molecule has 0 rings (SSSR count). The van der Waals surface area contributed by atoms with Crippen LogP contribution in [0.2, 0.25) is 0 Å². The Morgan fingerprint density at radius 2 is 2.36 bits per heavy atom. The highest BCUT2D eigenvalue weighted by Crippen LogP contribution is 1.86. The third-order valence-corrected chi connectivity index (χ3v) is 1.18. The lowest BCUT2D eigenvalue weighted by atomic mass is 10.2. The number of hydrogen-bond donors (Lipinski definition) is 2. The normalized spacial score (nSPS) is 11.2. The molecule has 0 fully saturated rings. The Balaban J connectivity index is 3.63. The lowest BCUT2D eigenvalue weighted by Gasteiger charge is -2.08. The van der Waals surface area contributed by atoms with Crippen molar-refractivity contribution in [1.29, 1.82) is 0 Å². The maximum absolute atomic E-state index is 10.8. The van der Waals surface area contributed by atoms with Crippen LogP contribution in [0.3, 0.4) is 0 Å². The molecule has 0 radical (unpaired) electrons. The Bertz CT molecular complexity index is 178. The minimum absolute atomic E-state index is 0.00616. The van der Waals surface area contributed by atoms with Crippen molar-refractivity contribution in [3.05, 3.63) is 0 Å². The highest BCUT2D eigenvalue weighted by molar-refractivity contribution is 5.93. The number of aliphatic hydroxyl groups excluding tert-OH is 1. The summed E-state index contributed by atoms with van der Waals surface area (Å²) in [7, 11) is 0. The first-order chi connectivity index (χ1) is 5.20. The standard InChI is InChI=1S/C8H13NO2/c1-3-4-8(11)9-7(2)5-6-10/h7,10H,5-6H2,1-2H3,(H,9,11)/t7-/m1/s1. The summed E-state index contributed by atoms with van der Waals surface area (Å²) in [5, 5.41) is 11.1. The van der Waals surface area contributed by atoms with Crippen LogP contribution in [0, 0.1) is 11.8 Å². The van der Waals surface area contributed by atoms with E-state index in [4.69, 9.17) is 5.11 Å². The van der Waals surface area contributed by atoms with Gasteiger partial charge in [0.15, 0.2) is 0 Å². The Morgan fingerprint density at radius 3 is 2.82 bits per heavy atom. The van der Waals surface area contributed by atoms with Crippen molar-refractivity contribution in [3.63, 3.8) is 0 Å². The minimum Gasteiger partial charge on any atom is -0.396 e. The number of carbonyl (C=O) groups excluding carboxylic acids is 1. The molecule has 0 aliphatic rings. The number of nitrogens with one attached hydrogen (secondary N) is 1. The van der Waals surface area contributed by atoms with Crippen molar-refractivity contribution in [2.45, 2.75) is 26.3 Å². The lowest BCUT2D eigenvalue weighted by molar-refractivity contribution is -0.116. The first-order valence-electron chi connectivity index (χ1n) is 3.54. The first-order valence-corrected chi connectivity index (χ1v) is 3.54. The Labute approximate surface area is 66.8 Å². The van der Waals surface area contributed by atoms with E-state index in [2.05, 4.69) is 17.2 Å². The van der Waals surface area contributed by atoms with Gasteiger partial charge in [-0.1, -0.05) is 5.92 Å². The second-order valence-electron chi connectivity index (χ2n) is 2.26. The van der Waals surface area contributed by atoms with Crippen molar-refractivity contribution in [1.82, 2.24) is 5.32 Å². The summed E-state index contributed by atoms with van der Waals surface area (Å²) in [4.78, 5) is 10.8. The predicted molar refractivity (Wildman–Crippen MR) is 42.8 cm³/mol. The summed E-state index contributed by atoms with van der Waals surface area (Å²) in [5.74, 6) is 4.56. The topological polar surface area (TPSA) is 49.3 Å². The largest absolute Gasteiger partial charge is 0.396 e. The van der Waals surface area contributed by atoms with Gasteiger partial charge in [-0.15, -0.1) is 0 Å². The maximum Gasteiger partial charge on any atom is 0.296 e. The summed E-state index contributed by atoms with van der Waals surface area (Å²) in [5.41, 5.74) is 0. The summed E-state index contributed by atoms with van der Waals surface area (Å²) in [6, 6.07) is -0.00616. The molecule has 0 aromatic carbocycles. The molecule has 1 atom stereocenters. The molecule has 0 spiro atoms. The molecular formula is C8H13NO2. The van der Waals surface area contributed by atoms with Crippen LogP contribution in [-0.4, -0.2) is 23.7 Å². The van der Waals surface area contributed by atoms with E-state index < -0.39 is 0 Å². The zero-order valence-corrected chi connectivity index (χ0v) is 6.85. The van der Waals surface area contributed by atoms with Gasteiger partial charge in [0.25, 0.3) is 5.91 Å². The van der Waals surface area contributed by atoms with E-state index in [-0.39, 0.29) is 18.6 Å². The SMILES string of the molecule is CC#CC(=O)N[C@H](C)CCO. The van der Waals surface area contributed by atoms with E-state index in [1.807, 2.05) is 6.92 Å². The highest BCUT2D eigenvalue weighted by Gasteiger charge is 2.02. The van der Waals surface area contributed by atoms with Crippen molar-refractivity contribution >= 4 is 5.91 Å². The van der Waals surface area contributed by atoms with Gasteiger partial charge in [-0.2, -0.15) is 0 Å². The lowest BCUT2D eigenvalue weighted by Crippen LogP contribution is -2.32. The molecular weight excluding hydrogens is 142 g/mol. The molecule has 3 nitrogen and oxygen atoms in total. The van der Waals surface area contributed by atoms with E-state index in [9.17, 15) is 4.79 Å². The van der Waals surface area contributed by atoms with Gasteiger partial charge in [-0.3, -0.25) is 4.79 Å². The van der Waals surface area contributed by atoms with E-state index in [0.717, 1.165) is 0 Å². The average molecular weight is 155 g/mol. The van der Waals surface area contributed by atoms with Crippen molar-refractivity contribution < 1.29 is 9.90 Å². The third kappa shape index (κ3) is 5.43. The van der Waals surface area contributed by atoms with Crippen LogP contribution in [0.4, 0.5) is 0 Å². The van der Waals surface area contributed by atoms with Gasteiger partial charge in [0.2, 0.25) is 0 Å². The second kappa shape index (κ2) is 5.75. The van der Waals surface area contributed by atoms with Crippen LogP contribution >= 0.6 is 0 Å². The van der Waals surface area contributed by atoms with Crippen molar-refractivity contribution in [3.8, 4) is 11.8 Å². The first kappa shape index (κ1) is 9.99. The van der Waals surface area contributed by atoms with Crippen LogP contribution < -0.4 is 5.32 Å². The van der Waals surface area contributed by atoms with Crippen molar-refractivity contribution in [2.75, 3.05) is 6.61 Å². The van der Waals surface area contributed by atoms with E-state index >= 15 is 0 Å². The molecule has 62 valence electrons. The molecule has 0 saturated carbocycles. The molecule has 3 heteroatoms. The molecule has 0 aliphatic carbocycles. The summed E-state index contributed by atoms with van der Waals surface area (Å²) < 4.78 is 0. The molecule has 0 aromatic heterocycles. The smallest absolute Gasteiger partial charge is 0.296 e. The number of rotatable bonds is 3. The maximum atomic E-state index is 10.8. The number of amides is 1. The Kier molecular flexibility index (Phi) is 5.22. The fraction of sp³-hybridized carbons (Fsp3) is 0.625. The molecule has 0 unspecified atom stereocenters. The van der Waals surface area contributed by atoms with Gasteiger partial charge < -0.3 is 10.4 Å².